The number of anilines is 1. The van der Waals surface area contributed by atoms with Crippen molar-refractivity contribution in [3.05, 3.63) is 93.2 Å². The molecule has 0 atom stereocenters. The smallest absolute Gasteiger partial charge is 0.321 e. The summed E-state index contributed by atoms with van der Waals surface area (Å²) < 4.78 is 38.9. The number of carbonyl (C=O) groups excluding carboxylic acids is 2. The van der Waals surface area contributed by atoms with Crippen molar-refractivity contribution in [2.45, 2.75) is 6.18 Å². The normalized spacial score (nSPS) is 11.4. The largest absolute Gasteiger partial charge is 0.417 e. The molecule has 0 aliphatic rings. The van der Waals surface area contributed by atoms with Crippen LogP contribution in [0.1, 0.15) is 31.8 Å². The number of hydrogen-bond donors (Lipinski definition) is 2. The summed E-state index contributed by atoms with van der Waals surface area (Å²) in [6.45, 7) is 0. The van der Waals surface area contributed by atoms with E-state index in [1.807, 2.05) is 0 Å². The van der Waals surface area contributed by atoms with Crippen molar-refractivity contribution >= 4 is 46.9 Å². The van der Waals surface area contributed by atoms with Gasteiger partial charge in [-0.15, -0.1) is 0 Å². The van der Waals surface area contributed by atoms with Gasteiger partial charge in [-0.3, -0.25) is 14.6 Å². The molecule has 6 nitrogen and oxygen atoms in total. The van der Waals surface area contributed by atoms with Crippen molar-refractivity contribution in [1.29, 1.82) is 0 Å². The summed E-state index contributed by atoms with van der Waals surface area (Å²) in [5, 5.41) is 6.05. The maximum Gasteiger partial charge on any atom is 0.417 e. The molecule has 32 heavy (non-hydrogen) atoms. The average Bonchev–Trinajstić information content (AvgIpc) is 2.75. The molecule has 1 aromatic heterocycles. The Morgan fingerprint density at radius 2 is 1.69 bits per heavy atom. The summed E-state index contributed by atoms with van der Waals surface area (Å²) >= 11 is 11.5. The summed E-state index contributed by atoms with van der Waals surface area (Å²) in [7, 11) is 0. The molecule has 0 aliphatic heterocycles. The number of aromatic nitrogens is 1. The number of amides is 2. The van der Waals surface area contributed by atoms with E-state index in [1.165, 1.54) is 48.8 Å². The maximum absolute atomic E-state index is 13.0. The van der Waals surface area contributed by atoms with Crippen LogP contribution in [0, 0.1) is 0 Å². The lowest BCUT2D eigenvalue weighted by atomic mass is 10.1. The Morgan fingerprint density at radius 3 is 2.38 bits per heavy atom. The third-order valence-electron chi connectivity index (χ3n) is 4.09. The summed E-state index contributed by atoms with van der Waals surface area (Å²) in [6.07, 6.45) is -0.712. The van der Waals surface area contributed by atoms with Crippen LogP contribution >= 0.6 is 23.2 Å². The predicted molar refractivity (Wildman–Crippen MR) is 115 cm³/mol. The van der Waals surface area contributed by atoms with Crippen molar-refractivity contribution in [3.8, 4) is 0 Å². The number of benzene rings is 2. The van der Waals surface area contributed by atoms with Crippen LogP contribution in [0.25, 0.3) is 0 Å². The summed E-state index contributed by atoms with van der Waals surface area (Å²) in [4.78, 5) is 28.8. The fourth-order valence-electron chi connectivity index (χ4n) is 2.58. The molecule has 11 heteroatoms. The number of hydrogen-bond acceptors (Lipinski definition) is 4. The quantitative estimate of drug-likeness (QED) is 0.377. The molecule has 0 aliphatic carbocycles. The van der Waals surface area contributed by atoms with Gasteiger partial charge in [0, 0.05) is 23.0 Å². The van der Waals surface area contributed by atoms with E-state index in [-0.39, 0.29) is 21.8 Å². The number of alkyl halides is 3. The van der Waals surface area contributed by atoms with Gasteiger partial charge < -0.3 is 5.32 Å². The van der Waals surface area contributed by atoms with E-state index in [2.05, 4.69) is 20.8 Å². The molecule has 2 aromatic carbocycles. The van der Waals surface area contributed by atoms with Crippen LogP contribution in [0.4, 0.5) is 18.9 Å². The first-order chi connectivity index (χ1) is 15.1. The topological polar surface area (TPSA) is 83.5 Å². The van der Waals surface area contributed by atoms with Gasteiger partial charge in [-0.2, -0.15) is 18.3 Å². The molecule has 2 amide bonds. The van der Waals surface area contributed by atoms with Gasteiger partial charge in [-0.1, -0.05) is 29.3 Å². The van der Waals surface area contributed by atoms with Gasteiger partial charge >= 0.3 is 6.18 Å². The molecular formula is C21H13Cl2F3N4O2. The fourth-order valence-corrected chi connectivity index (χ4v) is 2.97. The minimum Gasteiger partial charge on any atom is -0.321 e. The fraction of sp³-hybridized carbons (Fsp3) is 0.0476. The molecule has 3 rings (SSSR count). The minimum absolute atomic E-state index is 0.00384. The second-order valence-corrected chi connectivity index (χ2v) is 7.16. The van der Waals surface area contributed by atoms with Crippen molar-refractivity contribution in [3.63, 3.8) is 0 Å². The van der Waals surface area contributed by atoms with Crippen molar-refractivity contribution in [1.82, 2.24) is 10.4 Å². The molecule has 0 fully saturated rings. The van der Waals surface area contributed by atoms with Crippen LogP contribution in [0.3, 0.4) is 0 Å². The van der Waals surface area contributed by atoms with Crippen LogP contribution in [0.5, 0.6) is 0 Å². The standard InChI is InChI=1S/C21H13Cl2F3N4O2/c22-14-2-4-18(29-19(31)13-5-7-27-8-6-13)15(10-14)20(32)30-28-11-12-1-3-17(23)16(9-12)21(24,25)26/h1-11H,(H,29,31)(H,30,32). The molecule has 1 heterocycles. The Kier molecular flexibility index (Phi) is 7.12. The number of rotatable bonds is 5. The molecule has 164 valence electrons. The lowest BCUT2D eigenvalue weighted by Crippen LogP contribution is -2.21. The first-order valence-electron chi connectivity index (χ1n) is 8.86. The zero-order chi connectivity index (χ0) is 23.3. The number of carbonyl (C=O) groups is 2. The Labute approximate surface area is 190 Å². The van der Waals surface area contributed by atoms with Gasteiger partial charge in [0.15, 0.2) is 0 Å². The highest BCUT2D eigenvalue weighted by atomic mass is 35.5. The first-order valence-corrected chi connectivity index (χ1v) is 9.62. The zero-order valence-corrected chi connectivity index (χ0v) is 17.5. The number of pyridine rings is 1. The molecule has 0 saturated heterocycles. The number of nitrogens with zero attached hydrogens (tertiary/aromatic N) is 2. The molecule has 0 spiro atoms. The Hall–Kier alpha value is -3.43. The van der Waals surface area contributed by atoms with Crippen LogP contribution in [0.15, 0.2) is 66.0 Å². The zero-order valence-electron chi connectivity index (χ0n) is 16.0. The Morgan fingerprint density at radius 1 is 0.969 bits per heavy atom. The van der Waals surface area contributed by atoms with Gasteiger partial charge in [0.25, 0.3) is 11.8 Å². The lowest BCUT2D eigenvalue weighted by Gasteiger charge is -2.11. The number of hydrazone groups is 1. The Balaban J connectivity index is 1.77. The molecule has 2 N–H and O–H groups in total. The van der Waals surface area contributed by atoms with E-state index < -0.39 is 28.6 Å². The third kappa shape index (κ3) is 5.83. The highest BCUT2D eigenvalue weighted by Gasteiger charge is 2.33. The summed E-state index contributed by atoms with van der Waals surface area (Å²) in [6, 6.07) is 10.4. The van der Waals surface area contributed by atoms with Gasteiger partial charge in [-0.05, 0) is 48.0 Å². The third-order valence-corrected chi connectivity index (χ3v) is 4.66. The van der Waals surface area contributed by atoms with Gasteiger partial charge in [0.2, 0.25) is 0 Å². The van der Waals surface area contributed by atoms with Crippen molar-refractivity contribution in [2.75, 3.05) is 5.32 Å². The number of nitrogens with one attached hydrogen (secondary N) is 2. The van der Waals surface area contributed by atoms with Crippen LogP contribution in [-0.2, 0) is 6.18 Å². The van der Waals surface area contributed by atoms with Gasteiger partial charge in [0.1, 0.15) is 0 Å². The van der Waals surface area contributed by atoms with Crippen LogP contribution in [-0.4, -0.2) is 23.0 Å². The summed E-state index contributed by atoms with van der Waals surface area (Å²) in [5.74, 6) is -1.22. The van der Waals surface area contributed by atoms with Crippen molar-refractivity contribution < 1.29 is 22.8 Å². The second-order valence-electron chi connectivity index (χ2n) is 6.32. The minimum atomic E-state index is -4.63. The predicted octanol–water partition coefficient (Wildman–Crippen LogP) is 5.42. The monoisotopic (exact) mass is 480 g/mol. The molecule has 3 aromatic rings. The van der Waals surface area contributed by atoms with Crippen LogP contribution < -0.4 is 10.7 Å². The van der Waals surface area contributed by atoms with E-state index in [9.17, 15) is 22.8 Å². The lowest BCUT2D eigenvalue weighted by molar-refractivity contribution is -0.137. The first kappa shape index (κ1) is 23.2. The van der Waals surface area contributed by atoms with Crippen molar-refractivity contribution in [2.24, 2.45) is 5.10 Å². The molecule has 0 unspecified atom stereocenters. The van der Waals surface area contributed by atoms with E-state index in [4.69, 9.17) is 23.2 Å². The second kappa shape index (κ2) is 9.80. The highest BCUT2D eigenvalue weighted by molar-refractivity contribution is 6.31. The molecule has 0 saturated carbocycles. The average molecular weight is 481 g/mol. The SMILES string of the molecule is O=C(Nc1ccc(Cl)cc1C(=O)NN=Cc1ccc(Cl)c(C(F)(F)F)c1)c1ccncc1. The Bertz CT molecular complexity index is 1190. The van der Waals surface area contributed by atoms with E-state index in [0.29, 0.717) is 5.56 Å². The van der Waals surface area contributed by atoms with E-state index >= 15 is 0 Å². The van der Waals surface area contributed by atoms with Crippen LogP contribution in [0.2, 0.25) is 10.0 Å². The maximum atomic E-state index is 13.0. The molecule has 0 radical (unpaired) electrons. The van der Waals surface area contributed by atoms with E-state index in [1.54, 1.807) is 0 Å². The van der Waals surface area contributed by atoms with Gasteiger partial charge in [-0.25, -0.2) is 5.43 Å². The molecule has 0 bridgehead atoms. The number of halogens is 5. The van der Waals surface area contributed by atoms with E-state index in [0.717, 1.165) is 18.3 Å². The highest BCUT2D eigenvalue weighted by Crippen LogP contribution is 2.34. The summed E-state index contributed by atoms with van der Waals surface area (Å²) in [5.41, 5.74) is 1.73. The molecular weight excluding hydrogens is 468 g/mol. The van der Waals surface area contributed by atoms with Gasteiger partial charge in [0.05, 0.1) is 28.1 Å².